The van der Waals surface area contributed by atoms with E-state index >= 15 is 0 Å². The van der Waals surface area contributed by atoms with Crippen molar-refractivity contribution in [3.8, 4) is 0 Å². The van der Waals surface area contributed by atoms with Crippen LogP contribution < -0.4 is 10.5 Å². The van der Waals surface area contributed by atoms with Crippen molar-refractivity contribution in [2.45, 2.75) is 18.7 Å². The van der Waals surface area contributed by atoms with Gasteiger partial charge in [-0.25, -0.2) is 17.2 Å². The number of aryl methyl sites for hydroxylation is 2. The van der Waals surface area contributed by atoms with Gasteiger partial charge in [-0.05, 0) is 55.3 Å². The lowest BCUT2D eigenvalue weighted by molar-refractivity contribution is 0.598. The molecule has 21 heavy (non-hydrogen) atoms. The van der Waals surface area contributed by atoms with Crippen LogP contribution in [-0.4, -0.2) is 8.42 Å². The van der Waals surface area contributed by atoms with Crippen molar-refractivity contribution in [2.24, 2.45) is 0 Å². The molecule has 0 aliphatic rings. The van der Waals surface area contributed by atoms with Gasteiger partial charge in [-0.1, -0.05) is 0 Å². The summed E-state index contributed by atoms with van der Waals surface area (Å²) in [6.07, 6.45) is 0. The highest BCUT2D eigenvalue weighted by Gasteiger charge is 2.19. The van der Waals surface area contributed by atoms with E-state index in [2.05, 4.69) is 4.72 Å². The minimum absolute atomic E-state index is 0.122. The molecule has 0 radical (unpaired) electrons. The largest absolute Gasteiger partial charge is 0.396 e. The van der Waals surface area contributed by atoms with Crippen molar-refractivity contribution >= 4 is 21.4 Å². The maximum Gasteiger partial charge on any atom is 0.262 e. The maximum atomic E-state index is 13.3. The molecule has 0 saturated carbocycles. The molecule has 0 bridgehead atoms. The molecule has 0 fully saturated rings. The summed E-state index contributed by atoms with van der Waals surface area (Å²) < 4.78 is 53.4. The van der Waals surface area contributed by atoms with E-state index in [1.165, 1.54) is 32.0 Å². The summed E-state index contributed by atoms with van der Waals surface area (Å²) in [5.41, 5.74) is 5.91. The second-order valence-electron chi connectivity index (χ2n) is 4.71. The Morgan fingerprint density at radius 3 is 2.29 bits per heavy atom. The molecule has 0 spiro atoms. The topological polar surface area (TPSA) is 72.2 Å². The number of anilines is 2. The molecular weight excluding hydrogens is 298 g/mol. The van der Waals surface area contributed by atoms with Crippen LogP contribution >= 0.6 is 0 Å². The van der Waals surface area contributed by atoms with Crippen LogP contribution in [0.3, 0.4) is 0 Å². The number of nitrogen functional groups attached to an aromatic ring is 1. The van der Waals surface area contributed by atoms with Gasteiger partial charge in [0.15, 0.2) is 0 Å². The molecule has 2 aromatic carbocycles. The Kier molecular flexibility index (Phi) is 3.87. The van der Waals surface area contributed by atoms with E-state index in [0.717, 1.165) is 12.1 Å². The fourth-order valence-corrected chi connectivity index (χ4v) is 3.19. The Morgan fingerprint density at radius 2 is 1.67 bits per heavy atom. The highest BCUT2D eigenvalue weighted by Crippen LogP contribution is 2.24. The predicted molar refractivity (Wildman–Crippen MR) is 77.5 cm³/mol. The van der Waals surface area contributed by atoms with Crippen LogP contribution in [0.4, 0.5) is 20.2 Å². The molecule has 0 atom stereocenters. The number of sulfonamides is 1. The van der Waals surface area contributed by atoms with Crippen molar-refractivity contribution in [1.29, 1.82) is 0 Å². The molecule has 0 aliphatic heterocycles. The summed E-state index contributed by atoms with van der Waals surface area (Å²) in [6.45, 7) is 2.99. The van der Waals surface area contributed by atoms with E-state index in [0.29, 0.717) is 5.56 Å². The molecule has 4 nitrogen and oxygen atoms in total. The first-order valence-corrected chi connectivity index (χ1v) is 7.53. The number of hydrogen-bond acceptors (Lipinski definition) is 3. The smallest absolute Gasteiger partial charge is 0.262 e. The summed E-state index contributed by atoms with van der Waals surface area (Å²) in [6, 6.07) is 5.96. The SMILES string of the molecule is Cc1cc(NS(=O)(=O)c2cc(N)c(F)cc2C)ccc1F. The number of nitrogens with two attached hydrogens (primary N) is 1. The van der Waals surface area contributed by atoms with Crippen LogP contribution in [0.2, 0.25) is 0 Å². The first kappa shape index (κ1) is 15.2. The molecule has 0 aromatic heterocycles. The Labute approximate surface area is 121 Å². The van der Waals surface area contributed by atoms with Gasteiger partial charge in [-0.2, -0.15) is 0 Å². The van der Waals surface area contributed by atoms with Gasteiger partial charge in [0.25, 0.3) is 10.0 Å². The third kappa shape index (κ3) is 3.13. The minimum Gasteiger partial charge on any atom is -0.396 e. The fraction of sp³-hybridized carbons (Fsp3) is 0.143. The number of benzene rings is 2. The van der Waals surface area contributed by atoms with Gasteiger partial charge in [-0.15, -0.1) is 0 Å². The third-order valence-electron chi connectivity index (χ3n) is 2.99. The van der Waals surface area contributed by atoms with E-state index in [9.17, 15) is 17.2 Å². The van der Waals surface area contributed by atoms with E-state index in [1.807, 2.05) is 0 Å². The minimum atomic E-state index is -3.93. The lowest BCUT2D eigenvalue weighted by Crippen LogP contribution is -2.15. The lowest BCUT2D eigenvalue weighted by atomic mass is 10.2. The Bertz CT molecular complexity index is 805. The third-order valence-corrected chi connectivity index (χ3v) is 4.52. The average Bonchev–Trinajstić information content (AvgIpc) is 2.37. The Balaban J connectivity index is 2.43. The molecule has 0 aliphatic carbocycles. The number of nitrogens with one attached hydrogen (secondary N) is 1. The highest BCUT2D eigenvalue weighted by molar-refractivity contribution is 7.92. The highest BCUT2D eigenvalue weighted by atomic mass is 32.2. The summed E-state index contributed by atoms with van der Waals surface area (Å²) in [7, 11) is -3.93. The zero-order valence-corrected chi connectivity index (χ0v) is 12.3. The zero-order chi connectivity index (χ0) is 15.8. The monoisotopic (exact) mass is 312 g/mol. The second-order valence-corrected chi connectivity index (χ2v) is 6.36. The lowest BCUT2D eigenvalue weighted by Gasteiger charge is -2.12. The summed E-state index contributed by atoms with van der Waals surface area (Å²) in [5.74, 6) is -1.11. The number of halogens is 2. The molecule has 3 N–H and O–H groups in total. The van der Waals surface area contributed by atoms with Crippen LogP contribution in [0.1, 0.15) is 11.1 Å². The maximum absolute atomic E-state index is 13.3. The van der Waals surface area contributed by atoms with E-state index in [-0.39, 0.29) is 21.8 Å². The molecule has 2 rings (SSSR count). The first-order chi connectivity index (χ1) is 9.70. The van der Waals surface area contributed by atoms with Gasteiger partial charge >= 0.3 is 0 Å². The zero-order valence-electron chi connectivity index (χ0n) is 11.4. The van der Waals surface area contributed by atoms with Gasteiger partial charge < -0.3 is 5.73 Å². The molecule has 2 aromatic rings. The second kappa shape index (κ2) is 5.33. The molecule has 0 amide bonds. The fourth-order valence-electron chi connectivity index (χ4n) is 1.88. The Hall–Kier alpha value is -2.15. The van der Waals surface area contributed by atoms with Gasteiger partial charge in [0.2, 0.25) is 0 Å². The number of hydrogen-bond donors (Lipinski definition) is 2. The standard InChI is InChI=1S/C14H14F2N2O2S/c1-8-5-10(3-4-11(8)15)18-21(19,20)14-7-13(17)12(16)6-9(14)2/h3-7,18H,17H2,1-2H3. The predicted octanol–water partition coefficient (Wildman–Crippen LogP) is 2.96. The molecule has 112 valence electrons. The van der Waals surface area contributed by atoms with Gasteiger partial charge in [0, 0.05) is 5.69 Å². The van der Waals surface area contributed by atoms with Crippen LogP contribution in [-0.2, 0) is 10.0 Å². The Morgan fingerprint density at radius 1 is 1.00 bits per heavy atom. The van der Waals surface area contributed by atoms with Crippen LogP contribution in [0.25, 0.3) is 0 Å². The molecule has 7 heteroatoms. The van der Waals surface area contributed by atoms with Crippen molar-refractivity contribution in [3.05, 3.63) is 53.1 Å². The van der Waals surface area contributed by atoms with E-state index < -0.39 is 21.7 Å². The van der Waals surface area contributed by atoms with Crippen molar-refractivity contribution in [2.75, 3.05) is 10.5 Å². The van der Waals surface area contributed by atoms with E-state index in [1.54, 1.807) is 0 Å². The molecule has 0 heterocycles. The normalized spacial score (nSPS) is 11.4. The van der Waals surface area contributed by atoms with Crippen LogP contribution in [0.15, 0.2) is 35.2 Å². The first-order valence-electron chi connectivity index (χ1n) is 6.05. The summed E-state index contributed by atoms with van der Waals surface area (Å²) in [5, 5.41) is 0. The van der Waals surface area contributed by atoms with Crippen LogP contribution in [0, 0.1) is 25.5 Å². The molecular formula is C14H14F2N2O2S. The number of rotatable bonds is 3. The van der Waals surface area contributed by atoms with Gasteiger partial charge in [-0.3, -0.25) is 4.72 Å². The van der Waals surface area contributed by atoms with Crippen molar-refractivity contribution < 1.29 is 17.2 Å². The van der Waals surface area contributed by atoms with E-state index in [4.69, 9.17) is 5.73 Å². The van der Waals surface area contributed by atoms with Crippen LogP contribution in [0.5, 0.6) is 0 Å². The van der Waals surface area contributed by atoms with Crippen molar-refractivity contribution in [3.63, 3.8) is 0 Å². The summed E-state index contributed by atoms with van der Waals surface area (Å²) >= 11 is 0. The average molecular weight is 312 g/mol. The van der Waals surface area contributed by atoms with Gasteiger partial charge in [0.1, 0.15) is 11.6 Å². The summed E-state index contributed by atoms with van der Waals surface area (Å²) in [4.78, 5) is -0.122. The quantitative estimate of drug-likeness (QED) is 0.856. The molecule has 0 unspecified atom stereocenters. The molecule has 0 saturated heterocycles. The van der Waals surface area contributed by atoms with Crippen molar-refractivity contribution in [1.82, 2.24) is 0 Å². The van der Waals surface area contributed by atoms with Gasteiger partial charge in [0.05, 0.1) is 10.6 Å².